The van der Waals surface area contributed by atoms with Crippen molar-refractivity contribution in [2.45, 2.75) is 13.5 Å². The molecule has 1 N–H and O–H groups in total. The van der Waals surface area contributed by atoms with E-state index in [1.165, 1.54) is 12.1 Å². The summed E-state index contributed by atoms with van der Waals surface area (Å²) in [5, 5.41) is 14.2. The number of rotatable bonds is 6. The summed E-state index contributed by atoms with van der Waals surface area (Å²) in [6.45, 7) is 10.4. The molecule has 1 aromatic heterocycles. The van der Waals surface area contributed by atoms with Gasteiger partial charge in [0.05, 0.1) is 11.5 Å². The number of guanidine groups is 1. The molecule has 0 unspecified atom stereocenters. The van der Waals surface area contributed by atoms with Crippen molar-refractivity contribution in [2.75, 3.05) is 37.6 Å². The SMILES string of the molecule is C=C(C)CNC(=NCc1ccc([N+](=O)[O-])cc1)N1CCN(c2ccccn2)CC1.I. The second-order valence-corrected chi connectivity index (χ2v) is 7.04. The number of aromatic nitrogens is 1. The van der Waals surface area contributed by atoms with Gasteiger partial charge in [0.2, 0.25) is 0 Å². The predicted molar refractivity (Wildman–Crippen MR) is 130 cm³/mol. The molecule has 30 heavy (non-hydrogen) atoms. The second-order valence-electron chi connectivity index (χ2n) is 7.04. The molecule has 1 saturated heterocycles. The van der Waals surface area contributed by atoms with Crippen molar-refractivity contribution < 1.29 is 4.92 Å². The van der Waals surface area contributed by atoms with Gasteiger partial charge < -0.3 is 15.1 Å². The smallest absolute Gasteiger partial charge is 0.269 e. The summed E-state index contributed by atoms with van der Waals surface area (Å²) in [5.41, 5.74) is 2.04. The van der Waals surface area contributed by atoms with Gasteiger partial charge in [-0.3, -0.25) is 10.1 Å². The largest absolute Gasteiger partial charge is 0.353 e. The van der Waals surface area contributed by atoms with Crippen molar-refractivity contribution in [3.63, 3.8) is 0 Å². The summed E-state index contributed by atoms with van der Waals surface area (Å²) in [7, 11) is 0. The van der Waals surface area contributed by atoms with E-state index in [1.807, 2.05) is 31.3 Å². The Bertz CT molecular complexity index is 865. The molecule has 2 heterocycles. The first-order valence-corrected chi connectivity index (χ1v) is 9.60. The lowest BCUT2D eigenvalue weighted by atomic mass is 10.2. The van der Waals surface area contributed by atoms with Crippen LogP contribution in [-0.2, 0) is 6.54 Å². The van der Waals surface area contributed by atoms with E-state index in [-0.39, 0.29) is 29.7 Å². The van der Waals surface area contributed by atoms with Crippen LogP contribution in [0.15, 0.2) is 65.8 Å². The summed E-state index contributed by atoms with van der Waals surface area (Å²) in [5.74, 6) is 1.82. The minimum atomic E-state index is -0.395. The standard InChI is InChI=1S/C21H26N6O2.HI/c1-17(2)15-23-21(24-16-18-6-8-19(9-7-18)27(28)29)26-13-11-25(12-14-26)20-5-3-4-10-22-20;/h3-10H,1,11-16H2,2H3,(H,23,24);1H. The average Bonchev–Trinajstić information content (AvgIpc) is 2.75. The van der Waals surface area contributed by atoms with Crippen LogP contribution in [-0.4, -0.2) is 53.5 Å². The molecule has 0 spiro atoms. The van der Waals surface area contributed by atoms with Crippen LogP contribution in [0.1, 0.15) is 12.5 Å². The number of nitro benzene ring substituents is 1. The molecule has 2 aromatic rings. The molecule has 1 aromatic carbocycles. The van der Waals surface area contributed by atoms with Crippen molar-refractivity contribution in [3.8, 4) is 0 Å². The first-order chi connectivity index (χ1) is 14.0. The Labute approximate surface area is 193 Å². The third-order valence-electron chi connectivity index (χ3n) is 4.66. The Morgan fingerprint density at radius 2 is 1.90 bits per heavy atom. The van der Waals surface area contributed by atoms with Gasteiger partial charge in [0.1, 0.15) is 5.82 Å². The Kier molecular flexibility index (Phi) is 9.03. The molecule has 1 aliphatic heterocycles. The molecule has 0 radical (unpaired) electrons. The molecule has 0 bridgehead atoms. The third kappa shape index (κ3) is 6.68. The van der Waals surface area contributed by atoms with Crippen molar-refractivity contribution >= 4 is 41.4 Å². The number of non-ortho nitro benzene ring substituents is 1. The molecule has 160 valence electrons. The normalized spacial score (nSPS) is 14.1. The van der Waals surface area contributed by atoms with E-state index in [0.29, 0.717) is 13.1 Å². The van der Waals surface area contributed by atoms with E-state index < -0.39 is 4.92 Å². The van der Waals surface area contributed by atoms with E-state index in [2.05, 4.69) is 26.7 Å². The number of hydrogen-bond donors (Lipinski definition) is 1. The minimum absolute atomic E-state index is 0. The number of anilines is 1. The Morgan fingerprint density at radius 1 is 1.20 bits per heavy atom. The Balaban J connectivity index is 0.00000320. The number of hydrogen-bond acceptors (Lipinski definition) is 5. The van der Waals surface area contributed by atoms with Gasteiger partial charge in [-0.2, -0.15) is 0 Å². The van der Waals surface area contributed by atoms with Crippen LogP contribution in [0.2, 0.25) is 0 Å². The number of aliphatic imine (C=N–C) groups is 1. The van der Waals surface area contributed by atoms with Crippen LogP contribution in [0.3, 0.4) is 0 Å². The molecule has 1 aliphatic rings. The highest BCUT2D eigenvalue weighted by atomic mass is 127. The molecule has 9 heteroatoms. The zero-order valence-electron chi connectivity index (χ0n) is 17.0. The van der Waals surface area contributed by atoms with Crippen molar-refractivity contribution in [3.05, 3.63) is 76.5 Å². The highest BCUT2D eigenvalue weighted by molar-refractivity contribution is 14.0. The molecule has 0 atom stereocenters. The van der Waals surface area contributed by atoms with Crippen LogP contribution in [0.25, 0.3) is 0 Å². The monoisotopic (exact) mass is 522 g/mol. The van der Waals surface area contributed by atoms with E-state index in [4.69, 9.17) is 4.99 Å². The Morgan fingerprint density at radius 3 is 2.47 bits per heavy atom. The van der Waals surface area contributed by atoms with E-state index in [0.717, 1.165) is 49.1 Å². The van der Waals surface area contributed by atoms with E-state index in [9.17, 15) is 10.1 Å². The third-order valence-corrected chi connectivity index (χ3v) is 4.66. The molecular weight excluding hydrogens is 495 g/mol. The maximum Gasteiger partial charge on any atom is 0.269 e. The number of nitrogens with one attached hydrogen (secondary N) is 1. The molecule has 0 amide bonds. The molecular formula is C21H27IN6O2. The van der Waals surface area contributed by atoms with E-state index >= 15 is 0 Å². The lowest BCUT2D eigenvalue weighted by Crippen LogP contribution is -2.53. The van der Waals surface area contributed by atoms with Gasteiger partial charge in [-0.1, -0.05) is 30.4 Å². The molecule has 8 nitrogen and oxygen atoms in total. The fourth-order valence-electron chi connectivity index (χ4n) is 3.08. The van der Waals surface area contributed by atoms with Crippen LogP contribution in [0.5, 0.6) is 0 Å². The topological polar surface area (TPSA) is 86.9 Å². The van der Waals surface area contributed by atoms with Crippen LogP contribution in [0.4, 0.5) is 11.5 Å². The van der Waals surface area contributed by atoms with Crippen molar-refractivity contribution in [2.24, 2.45) is 4.99 Å². The van der Waals surface area contributed by atoms with Gasteiger partial charge >= 0.3 is 0 Å². The summed E-state index contributed by atoms with van der Waals surface area (Å²) in [6, 6.07) is 12.5. The molecule has 1 fully saturated rings. The van der Waals surface area contributed by atoms with Crippen LogP contribution >= 0.6 is 24.0 Å². The number of piperazine rings is 1. The summed E-state index contributed by atoms with van der Waals surface area (Å²) in [4.78, 5) is 24.1. The lowest BCUT2D eigenvalue weighted by molar-refractivity contribution is -0.384. The highest BCUT2D eigenvalue weighted by Crippen LogP contribution is 2.14. The van der Waals surface area contributed by atoms with E-state index in [1.54, 1.807) is 12.1 Å². The van der Waals surface area contributed by atoms with Gasteiger partial charge in [0, 0.05) is 51.1 Å². The number of nitrogens with zero attached hydrogens (tertiary/aromatic N) is 5. The number of benzene rings is 1. The fourth-order valence-corrected chi connectivity index (χ4v) is 3.08. The molecule has 3 rings (SSSR count). The van der Waals surface area contributed by atoms with Gasteiger partial charge in [0.25, 0.3) is 5.69 Å². The summed E-state index contributed by atoms with van der Waals surface area (Å²) >= 11 is 0. The zero-order chi connectivity index (χ0) is 20.6. The Hall–Kier alpha value is -2.69. The molecule has 0 aliphatic carbocycles. The first kappa shape index (κ1) is 23.6. The maximum atomic E-state index is 10.8. The van der Waals surface area contributed by atoms with Crippen molar-refractivity contribution in [1.82, 2.24) is 15.2 Å². The van der Waals surface area contributed by atoms with Gasteiger partial charge in [0.15, 0.2) is 5.96 Å². The van der Waals surface area contributed by atoms with Crippen LogP contribution < -0.4 is 10.2 Å². The summed E-state index contributed by atoms with van der Waals surface area (Å²) in [6.07, 6.45) is 1.81. The fraction of sp³-hybridized carbons (Fsp3) is 0.333. The lowest BCUT2D eigenvalue weighted by Gasteiger charge is -2.37. The van der Waals surface area contributed by atoms with Crippen LogP contribution in [0, 0.1) is 10.1 Å². The number of pyridine rings is 1. The quantitative estimate of drug-likeness (QED) is 0.156. The average molecular weight is 522 g/mol. The first-order valence-electron chi connectivity index (χ1n) is 9.60. The van der Waals surface area contributed by atoms with Crippen molar-refractivity contribution in [1.29, 1.82) is 0 Å². The molecule has 0 saturated carbocycles. The number of halogens is 1. The maximum absolute atomic E-state index is 10.8. The second kappa shape index (κ2) is 11.5. The summed E-state index contributed by atoms with van der Waals surface area (Å²) < 4.78 is 0. The van der Waals surface area contributed by atoms with Gasteiger partial charge in [-0.15, -0.1) is 24.0 Å². The van der Waals surface area contributed by atoms with Gasteiger partial charge in [-0.05, 0) is 24.6 Å². The predicted octanol–water partition coefficient (Wildman–Crippen LogP) is 3.45. The zero-order valence-corrected chi connectivity index (χ0v) is 19.4. The minimum Gasteiger partial charge on any atom is -0.353 e. The highest BCUT2D eigenvalue weighted by Gasteiger charge is 2.20. The number of nitro groups is 1. The van der Waals surface area contributed by atoms with Gasteiger partial charge in [-0.25, -0.2) is 9.98 Å².